The van der Waals surface area contributed by atoms with Crippen LogP contribution in [0.1, 0.15) is 0 Å². The first kappa shape index (κ1) is 11.9. The van der Waals surface area contributed by atoms with Gasteiger partial charge in [0.1, 0.15) is 0 Å². The van der Waals surface area contributed by atoms with E-state index < -0.39 is 0 Å². The van der Waals surface area contributed by atoms with Crippen LogP contribution in [0.5, 0.6) is 0 Å². The number of nitrogens with two attached hydrogens (primary N) is 2. The summed E-state index contributed by atoms with van der Waals surface area (Å²) < 4.78 is 0. The van der Waals surface area contributed by atoms with E-state index in [1.54, 1.807) is 11.8 Å². The molecule has 58 valence electrons. The van der Waals surface area contributed by atoms with E-state index in [2.05, 4.69) is 11.7 Å². The Balaban J connectivity index is 0. The minimum absolute atomic E-state index is 0.213. The fourth-order valence-electron chi connectivity index (χ4n) is 0.231. The van der Waals surface area contributed by atoms with Crippen molar-refractivity contribution in [2.24, 2.45) is 11.7 Å². The molecule has 0 heterocycles. The minimum Gasteiger partial charge on any atom is -0.396 e. The highest BCUT2D eigenvalue weighted by Crippen LogP contribution is 1.94. The van der Waals surface area contributed by atoms with Crippen LogP contribution >= 0.6 is 11.8 Å². The molecule has 0 aromatic heterocycles. The third-order valence-electron chi connectivity index (χ3n) is 0.471. The van der Waals surface area contributed by atoms with Crippen molar-refractivity contribution in [3.05, 3.63) is 0 Å². The number of aliphatic hydroxyl groups excluding tert-OH is 2. The monoisotopic (exact) mass is 154 g/mol. The van der Waals surface area contributed by atoms with Gasteiger partial charge < -0.3 is 10.2 Å². The first-order valence-electron chi connectivity index (χ1n) is 2.54. The van der Waals surface area contributed by atoms with Crippen molar-refractivity contribution in [3.63, 3.8) is 0 Å². The van der Waals surface area contributed by atoms with E-state index in [4.69, 9.17) is 10.2 Å². The van der Waals surface area contributed by atoms with Gasteiger partial charge in [-0.25, -0.2) is 0 Å². The van der Waals surface area contributed by atoms with Gasteiger partial charge in [0.2, 0.25) is 0 Å². The van der Waals surface area contributed by atoms with Gasteiger partial charge in [-0.1, -0.05) is 0 Å². The predicted octanol–water partition coefficient (Wildman–Crippen LogP) is -1.48. The van der Waals surface area contributed by atoms with Crippen molar-refractivity contribution in [1.29, 1.82) is 0 Å². The molecule has 0 atom stereocenters. The molecule has 0 fully saturated rings. The smallest absolute Gasteiger partial charge is 0.0521 e. The van der Waals surface area contributed by atoms with E-state index in [9.17, 15) is 0 Å². The zero-order chi connectivity index (χ0) is 7.54. The Labute approximate surface area is 59.2 Å². The summed E-state index contributed by atoms with van der Waals surface area (Å²) in [6.45, 7) is 0.426. The largest absolute Gasteiger partial charge is 0.396 e. The van der Waals surface area contributed by atoms with Crippen LogP contribution < -0.4 is 11.7 Å². The highest BCUT2D eigenvalue weighted by molar-refractivity contribution is 7.99. The molecule has 0 aromatic carbocycles. The summed E-state index contributed by atoms with van der Waals surface area (Å²) in [4.78, 5) is 0. The average Bonchev–Trinajstić information content (AvgIpc) is 1.94. The molecule has 5 heteroatoms. The van der Waals surface area contributed by atoms with Gasteiger partial charge in [-0.15, -0.1) is 0 Å². The van der Waals surface area contributed by atoms with Crippen LogP contribution in [0.15, 0.2) is 0 Å². The van der Waals surface area contributed by atoms with E-state index >= 15 is 0 Å². The Bertz CT molecular complexity index is 35.7. The average molecular weight is 154 g/mol. The maximum atomic E-state index is 8.19. The van der Waals surface area contributed by atoms with Gasteiger partial charge >= 0.3 is 0 Å². The van der Waals surface area contributed by atoms with E-state index in [0.717, 1.165) is 11.5 Å². The van der Waals surface area contributed by atoms with Gasteiger partial charge in [-0.2, -0.15) is 11.8 Å². The SMILES string of the molecule is NN.OCCSCCO. The van der Waals surface area contributed by atoms with Crippen LogP contribution in [0.25, 0.3) is 0 Å². The number of rotatable bonds is 4. The van der Waals surface area contributed by atoms with Crippen molar-refractivity contribution in [1.82, 2.24) is 0 Å². The van der Waals surface area contributed by atoms with Crippen LogP contribution in [-0.2, 0) is 0 Å². The summed E-state index contributed by atoms with van der Waals surface area (Å²) in [7, 11) is 0. The normalized spacial score (nSPS) is 8.00. The van der Waals surface area contributed by atoms with Crippen molar-refractivity contribution in [2.45, 2.75) is 0 Å². The Hall–Kier alpha value is 0.190. The molecule has 0 saturated heterocycles. The van der Waals surface area contributed by atoms with E-state index in [1.165, 1.54) is 0 Å². The molecular weight excluding hydrogens is 140 g/mol. The molecule has 0 aliphatic carbocycles. The maximum absolute atomic E-state index is 8.19. The highest BCUT2D eigenvalue weighted by Gasteiger charge is 1.81. The lowest BCUT2D eigenvalue weighted by Gasteiger charge is -1.90. The van der Waals surface area contributed by atoms with Crippen LogP contribution in [0, 0.1) is 0 Å². The molecule has 0 radical (unpaired) electrons. The quantitative estimate of drug-likeness (QED) is 0.225. The summed E-state index contributed by atoms with van der Waals surface area (Å²) in [5, 5.41) is 16.4. The van der Waals surface area contributed by atoms with E-state index in [-0.39, 0.29) is 13.2 Å². The Morgan fingerprint density at radius 1 is 1.00 bits per heavy atom. The van der Waals surface area contributed by atoms with Crippen molar-refractivity contribution >= 4 is 11.8 Å². The molecule has 0 unspecified atom stereocenters. The predicted molar refractivity (Wildman–Crippen MR) is 39.9 cm³/mol. The topological polar surface area (TPSA) is 92.5 Å². The molecule has 0 aliphatic rings. The summed E-state index contributed by atoms with van der Waals surface area (Å²) in [5.74, 6) is 9.47. The molecule has 0 aliphatic heterocycles. The molecule has 0 spiro atoms. The van der Waals surface area contributed by atoms with Crippen LogP contribution in [0.3, 0.4) is 0 Å². The van der Waals surface area contributed by atoms with Gasteiger partial charge in [0.05, 0.1) is 13.2 Å². The second kappa shape index (κ2) is 15.7. The summed E-state index contributed by atoms with van der Waals surface area (Å²) in [6, 6.07) is 0. The van der Waals surface area contributed by atoms with Gasteiger partial charge in [0, 0.05) is 11.5 Å². The zero-order valence-corrected chi connectivity index (χ0v) is 6.10. The Morgan fingerprint density at radius 2 is 1.33 bits per heavy atom. The molecule has 0 bridgehead atoms. The minimum atomic E-state index is 0.213. The highest BCUT2D eigenvalue weighted by atomic mass is 32.2. The summed E-state index contributed by atoms with van der Waals surface area (Å²) in [6.07, 6.45) is 0. The molecule has 9 heavy (non-hydrogen) atoms. The fraction of sp³-hybridized carbons (Fsp3) is 1.00. The third kappa shape index (κ3) is 17.9. The summed E-state index contributed by atoms with van der Waals surface area (Å²) in [5.41, 5.74) is 0. The maximum Gasteiger partial charge on any atom is 0.0521 e. The lowest BCUT2D eigenvalue weighted by molar-refractivity contribution is 0.318. The Kier molecular flexibility index (Phi) is 20.8. The van der Waals surface area contributed by atoms with Crippen LogP contribution in [-0.4, -0.2) is 34.9 Å². The van der Waals surface area contributed by atoms with E-state index in [1.807, 2.05) is 0 Å². The van der Waals surface area contributed by atoms with Gasteiger partial charge in [0.15, 0.2) is 0 Å². The zero-order valence-electron chi connectivity index (χ0n) is 5.29. The van der Waals surface area contributed by atoms with Gasteiger partial charge in [-0.05, 0) is 0 Å². The van der Waals surface area contributed by atoms with Gasteiger partial charge in [-0.3, -0.25) is 11.7 Å². The second-order valence-electron chi connectivity index (χ2n) is 1.06. The van der Waals surface area contributed by atoms with Crippen molar-refractivity contribution in [2.75, 3.05) is 24.7 Å². The molecule has 4 nitrogen and oxygen atoms in total. The molecule has 0 rings (SSSR count). The molecule has 6 N–H and O–H groups in total. The fourth-order valence-corrected chi connectivity index (χ4v) is 0.693. The molecular formula is C4H14N2O2S. The first-order chi connectivity index (χ1) is 4.41. The second-order valence-corrected chi connectivity index (χ2v) is 2.28. The van der Waals surface area contributed by atoms with E-state index in [0.29, 0.717) is 0 Å². The molecule has 0 amide bonds. The standard InChI is InChI=1S/C4H10O2S.H4N2/c5-1-3-7-4-2-6;1-2/h5-6H,1-4H2;1-2H2. The summed E-state index contributed by atoms with van der Waals surface area (Å²) >= 11 is 1.55. The Morgan fingerprint density at radius 3 is 1.56 bits per heavy atom. The lowest BCUT2D eigenvalue weighted by atomic mass is 10.9. The number of hydrazine groups is 1. The van der Waals surface area contributed by atoms with Gasteiger partial charge in [0.25, 0.3) is 0 Å². The third-order valence-corrected chi connectivity index (χ3v) is 1.41. The number of hydrogen-bond acceptors (Lipinski definition) is 5. The lowest BCUT2D eigenvalue weighted by Crippen LogP contribution is -2.02. The van der Waals surface area contributed by atoms with Crippen molar-refractivity contribution in [3.8, 4) is 0 Å². The first-order valence-corrected chi connectivity index (χ1v) is 3.70. The van der Waals surface area contributed by atoms with Crippen LogP contribution in [0.2, 0.25) is 0 Å². The number of thioether (sulfide) groups is 1. The van der Waals surface area contributed by atoms with Crippen molar-refractivity contribution < 1.29 is 10.2 Å². The molecule has 0 aromatic rings. The van der Waals surface area contributed by atoms with Crippen LogP contribution in [0.4, 0.5) is 0 Å². The molecule has 0 saturated carbocycles. The number of aliphatic hydroxyl groups is 2. The number of hydrogen-bond donors (Lipinski definition) is 4.